The summed E-state index contributed by atoms with van der Waals surface area (Å²) in [6, 6.07) is 18.4. The maximum atomic E-state index is 3.62. The van der Waals surface area contributed by atoms with Crippen LogP contribution in [0.5, 0.6) is 0 Å². The molecule has 39 heavy (non-hydrogen) atoms. The quantitative estimate of drug-likeness (QED) is 0.0784. The summed E-state index contributed by atoms with van der Waals surface area (Å²) in [6.45, 7) is 6.78. The molecule has 0 atom stereocenters. The van der Waals surface area contributed by atoms with Crippen LogP contribution >= 0.6 is 0 Å². The molecule has 2 aromatic carbocycles. The van der Waals surface area contributed by atoms with Crippen LogP contribution in [0.3, 0.4) is 0 Å². The third-order valence-electron chi connectivity index (χ3n) is 7.66. The molecule has 3 heteroatoms. The Kier molecular flexibility index (Phi) is 21.5. The maximum absolute atomic E-state index is 3.62. The van der Waals surface area contributed by atoms with Gasteiger partial charge in [0.15, 0.2) is 0 Å². The number of anilines is 2. The fraction of sp³-hybridized carbons (Fsp3) is 0.667. The van der Waals surface area contributed by atoms with Crippen LogP contribution in [0.2, 0.25) is 0 Å². The van der Waals surface area contributed by atoms with E-state index in [1.54, 1.807) is 0 Å². The van der Waals surface area contributed by atoms with Gasteiger partial charge in [-0.2, -0.15) is 0 Å². The molecule has 0 radical (unpaired) electrons. The summed E-state index contributed by atoms with van der Waals surface area (Å²) in [5, 5.41) is 7.24. The molecular formula is C36H60N2Te. The molecule has 0 aliphatic rings. The molecule has 0 aliphatic heterocycles. The molecule has 0 unspecified atom stereocenters. The van der Waals surface area contributed by atoms with E-state index in [0.29, 0.717) is 0 Å². The number of rotatable bonds is 26. The second kappa shape index (κ2) is 24.6. The van der Waals surface area contributed by atoms with Crippen LogP contribution in [0.15, 0.2) is 48.5 Å². The van der Waals surface area contributed by atoms with E-state index < -0.39 is 0 Å². The second-order valence-corrected chi connectivity index (χ2v) is 14.6. The van der Waals surface area contributed by atoms with Crippen molar-refractivity contribution in [2.24, 2.45) is 0 Å². The van der Waals surface area contributed by atoms with Gasteiger partial charge in [-0.05, 0) is 0 Å². The van der Waals surface area contributed by atoms with E-state index in [4.69, 9.17) is 0 Å². The van der Waals surface area contributed by atoms with Gasteiger partial charge in [0.2, 0.25) is 0 Å². The first-order valence-electron chi connectivity index (χ1n) is 16.7. The summed E-state index contributed by atoms with van der Waals surface area (Å²) in [5.41, 5.74) is 2.54. The minimum atomic E-state index is -0.318. The summed E-state index contributed by atoms with van der Waals surface area (Å²) in [5.74, 6) is 0. The fourth-order valence-electron chi connectivity index (χ4n) is 5.11. The Labute approximate surface area is 253 Å². The molecule has 0 heterocycles. The summed E-state index contributed by atoms with van der Waals surface area (Å²) in [4.78, 5) is 0. The van der Waals surface area contributed by atoms with Crippen molar-refractivity contribution in [1.29, 1.82) is 0 Å². The zero-order valence-corrected chi connectivity index (χ0v) is 27.9. The van der Waals surface area contributed by atoms with Gasteiger partial charge >= 0.3 is 189 Å². The number of unbranched alkanes of at least 4 members (excludes halogenated alkanes) is 18. The topological polar surface area (TPSA) is 24.1 Å². The van der Waals surface area contributed by atoms with Gasteiger partial charge in [0.05, 0.1) is 0 Å². The molecule has 220 valence electrons. The monoisotopic (exact) mass is 650 g/mol. The Balaban J connectivity index is 1.48. The van der Waals surface area contributed by atoms with Crippen molar-refractivity contribution in [3.63, 3.8) is 0 Å². The number of nitrogens with one attached hydrogen (secondary N) is 2. The van der Waals surface area contributed by atoms with Gasteiger partial charge in [0, 0.05) is 0 Å². The van der Waals surface area contributed by atoms with Gasteiger partial charge < -0.3 is 0 Å². The summed E-state index contributed by atoms with van der Waals surface area (Å²) < 4.78 is 3.02. The van der Waals surface area contributed by atoms with Gasteiger partial charge in [-0.1, -0.05) is 65.2 Å². The van der Waals surface area contributed by atoms with Crippen molar-refractivity contribution in [1.82, 2.24) is 0 Å². The first kappa shape index (κ1) is 34.0. The SMILES string of the molecule is CCCCCCCCCCCCNc1ccc([Te]c2ccc(NCCCCCCCCCCCC)cc2)cc1. The Morgan fingerprint density at radius 3 is 0.974 bits per heavy atom. The average molecular weight is 648 g/mol. The molecule has 0 bridgehead atoms. The normalized spacial score (nSPS) is 11.1. The average Bonchev–Trinajstić information content (AvgIpc) is 2.96. The van der Waals surface area contributed by atoms with Crippen LogP contribution in [-0.4, -0.2) is 34.0 Å². The third kappa shape index (κ3) is 18.7. The van der Waals surface area contributed by atoms with Gasteiger partial charge in [0.25, 0.3) is 0 Å². The van der Waals surface area contributed by atoms with Crippen LogP contribution in [-0.2, 0) is 0 Å². The second-order valence-electron chi connectivity index (χ2n) is 11.4. The van der Waals surface area contributed by atoms with Crippen LogP contribution in [0.4, 0.5) is 11.4 Å². The van der Waals surface area contributed by atoms with Crippen molar-refractivity contribution >= 4 is 39.5 Å². The van der Waals surface area contributed by atoms with Gasteiger partial charge in [-0.25, -0.2) is 0 Å². The Morgan fingerprint density at radius 2 is 0.667 bits per heavy atom. The van der Waals surface area contributed by atoms with E-state index in [1.165, 1.54) is 147 Å². The first-order valence-corrected chi connectivity index (χ1v) is 19.0. The van der Waals surface area contributed by atoms with Gasteiger partial charge in [0.1, 0.15) is 0 Å². The van der Waals surface area contributed by atoms with Gasteiger partial charge in [-0.15, -0.1) is 0 Å². The molecule has 0 spiro atoms. The predicted octanol–water partition coefficient (Wildman–Crippen LogP) is 10.0. The molecule has 0 fully saturated rings. The molecule has 2 nitrogen and oxygen atoms in total. The predicted molar refractivity (Wildman–Crippen MR) is 179 cm³/mol. The van der Waals surface area contributed by atoms with E-state index >= 15 is 0 Å². The molecule has 2 N–H and O–H groups in total. The zero-order chi connectivity index (χ0) is 27.6. The van der Waals surface area contributed by atoms with E-state index in [1.807, 2.05) is 0 Å². The van der Waals surface area contributed by atoms with E-state index in [0.717, 1.165) is 13.1 Å². The van der Waals surface area contributed by atoms with Crippen molar-refractivity contribution in [3.8, 4) is 0 Å². The standard InChI is InChI=1S/C36H60N2Te/c1-3-5-7-9-11-13-15-17-19-21-31-37-33-23-27-35(28-24-33)39-36-29-25-34(26-30-36)38-32-22-20-18-16-14-12-10-8-6-4-2/h23-30,37-38H,3-22,31-32H2,1-2H3. The zero-order valence-electron chi connectivity index (χ0n) is 25.6. The molecule has 2 rings (SSSR count). The molecule has 0 aliphatic carbocycles. The summed E-state index contributed by atoms with van der Waals surface area (Å²) in [6.07, 6.45) is 27.9. The molecular weight excluding hydrogens is 588 g/mol. The van der Waals surface area contributed by atoms with Crippen molar-refractivity contribution in [3.05, 3.63) is 48.5 Å². The molecule has 0 aromatic heterocycles. The number of hydrogen-bond acceptors (Lipinski definition) is 2. The molecule has 2 aromatic rings. The van der Waals surface area contributed by atoms with Crippen molar-refractivity contribution in [2.75, 3.05) is 23.7 Å². The Morgan fingerprint density at radius 1 is 0.385 bits per heavy atom. The van der Waals surface area contributed by atoms with E-state index in [-0.39, 0.29) is 20.9 Å². The summed E-state index contributed by atoms with van der Waals surface area (Å²) >= 11 is -0.318. The van der Waals surface area contributed by atoms with Crippen LogP contribution < -0.4 is 17.9 Å². The Bertz CT molecular complexity index is 719. The third-order valence-corrected chi connectivity index (χ3v) is 10.6. The van der Waals surface area contributed by atoms with Crippen molar-refractivity contribution < 1.29 is 0 Å². The van der Waals surface area contributed by atoms with Crippen LogP contribution in [0.25, 0.3) is 0 Å². The number of benzene rings is 2. The first-order chi connectivity index (χ1) is 19.3. The minimum absolute atomic E-state index is 0.318. The van der Waals surface area contributed by atoms with E-state index in [9.17, 15) is 0 Å². The number of hydrogen-bond donors (Lipinski definition) is 2. The molecule has 0 saturated heterocycles. The van der Waals surface area contributed by atoms with Crippen molar-refractivity contribution in [2.45, 2.75) is 142 Å². The summed E-state index contributed by atoms with van der Waals surface area (Å²) in [7, 11) is 0. The molecule has 0 saturated carbocycles. The van der Waals surface area contributed by atoms with Crippen LogP contribution in [0, 0.1) is 0 Å². The Hall–Kier alpha value is -1.17. The van der Waals surface area contributed by atoms with Crippen LogP contribution in [0.1, 0.15) is 142 Å². The van der Waals surface area contributed by atoms with E-state index in [2.05, 4.69) is 73.0 Å². The van der Waals surface area contributed by atoms with Gasteiger partial charge in [-0.3, -0.25) is 0 Å². The fourth-order valence-corrected chi connectivity index (χ4v) is 7.44. The molecule has 0 amide bonds.